The van der Waals surface area contributed by atoms with Gasteiger partial charge in [-0.15, -0.1) is 0 Å². The van der Waals surface area contributed by atoms with Crippen molar-refractivity contribution in [2.75, 3.05) is 16.5 Å². The van der Waals surface area contributed by atoms with Crippen LogP contribution in [0.1, 0.15) is 77.0 Å². The second kappa shape index (κ2) is 7.42. The highest BCUT2D eigenvalue weighted by molar-refractivity contribution is 5.68. The lowest BCUT2D eigenvalue weighted by atomic mass is 9.81. The van der Waals surface area contributed by atoms with Gasteiger partial charge in [-0.3, -0.25) is 0 Å². The van der Waals surface area contributed by atoms with Crippen molar-refractivity contribution in [2.45, 2.75) is 65.7 Å². The van der Waals surface area contributed by atoms with Gasteiger partial charge in [-0.05, 0) is 46.1 Å². The molecule has 3 rings (SSSR count). The van der Waals surface area contributed by atoms with Crippen LogP contribution in [0, 0.1) is 0 Å². The van der Waals surface area contributed by atoms with E-state index in [0.29, 0.717) is 11.8 Å². The van der Waals surface area contributed by atoms with Crippen LogP contribution in [0.25, 0.3) is 0 Å². The molecule has 0 saturated heterocycles. The maximum absolute atomic E-state index is 2.44. The molecule has 0 bridgehead atoms. The van der Waals surface area contributed by atoms with Gasteiger partial charge in [0.15, 0.2) is 0 Å². The molecule has 1 aliphatic rings. The molecule has 0 unspecified atom stereocenters. The Hall–Kier alpha value is -2.22. The minimum absolute atomic E-state index is 0.155. The van der Waals surface area contributed by atoms with Gasteiger partial charge in [0, 0.05) is 23.8 Å². The van der Waals surface area contributed by atoms with Crippen molar-refractivity contribution in [2.24, 2.45) is 0 Å². The molecule has 2 aromatic carbocycles. The predicted octanol–water partition coefficient (Wildman–Crippen LogP) is 6.99. The number of hydrogen-bond acceptors (Lipinski definition) is 2. The highest BCUT2D eigenvalue weighted by Crippen LogP contribution is 2.40. The average molecular weight is 363 g/mol. The molecule has 0 atom stereocenters. The van der Waals surface area contributed by atoms with Gasteiger partial charge < -0.3 is 9.80 Å². The fraction of sp³-hybridized carbons (Fsp3) is 0.440. The molecular weight excluding hydrogens is 328 g/mol. The molecule has 0 saturated carbocycles. The Kier molecular flexibility index (Phi) is 5.37. The molecule has 0 aromatic heterocycles. The standard InChI is InChI=1S/C25H34N2/c1-18(2)22-15-20(25(5,6)7)16-23(19(3)4)24(22)27-14-13-26(17-27)21-11-9-8-10-12-21/h8-16,18-19H,17H2,1-7H3. The summed E-state index contributed by atoms with van der Waals surface area (Å²) in [6.45, 7) is 17.0. The van der Waals surface area contributed by atoms with Crippen LogP contribution in [0.15, 0.2) is 54.9 Å². The third-order valence-electron chi connectivity index (χ3n) is 5.39. The Labute approximate surface area is 165 Å². The first-order chi connectivity index (χ1) is 12.7. The number of nitrogens with zero attached hydrogens (tertiary/aromatic N) is 2. The van der Waals surface area contributed by atoms with Crippen LogP contribution in [0.2, 0.25) is 0 Å². The van der Waals surface area contributed by atoms with Crippen molar-refractivity contribution in [1.82, 2.24) is 0 Å². The van der Waals surface area contributed by atoms with Gasteiger partial charge in [-0.1, -0.05) is 78.8 Å². The largest absolute Gasteiger partial charge is 0.328 e. The highest BCUT2D eigenvalue weighted by atomic mass is 15.3. The average Bonchev–Trinajstić information content (AvgIpc) is 3.10. The van der Waals surface area contributed by atoms with E-state index < -0.39 is 0 Å². The molecule has 0 amide bonds. The van der Waals surface area contributed by atoms with Crippen LogP contribution in [-0.2, 0) is 5.41 Å². The van der Waals surface area contributed by atoms with E-state index >= 15 is 0 Å². The maximum Gasteiger partial charge on any atom is 0.0989 e. The summed E-state index contributed by atoms with van der Waals surface area (Å²) in [5.74, 6) is 0.970. The summed E-state index contributed by atoms with van der Waals surface area (Å²) in [7, 11) is 0. The van der Waals surface area contributed by atoms with Gasteiger partial charge in [-0.25, -0.2) is 0 Å². The van der Waals surface area contributed by atoms with Crippen LogP contribution in [0.5, 0.6) is 0 Å². The Morgan fingerprint density at radius 1 is 0.778 bits per heavy atom. The van der Waals surface area contributed by atoms with Crippen LogP contribution < -0.4 is 9.80 Å². The molecule has 0 radical (unpaired) electrons. The molecule has 1 heterocycles. The van der Waals surface area contributed by atoms with E-state index in [9.17, 15) is 0 Å². The van der Waals surface area contributed by atoms with E-state index in [1.807, 2.05) is 0 Å². The molecule has 27 heavy (non-hydrogen) atoms. The second-order valence-corrected chi connectivity index (χ2v) is 9.28. The molecule has 144 valence electrons. The summed E-state index contributed by atoms with van der Waals surface area (Å²) in [6.07, 6.45) is 4.43. The summed E-state index contributed by atoms with van der Waals surface area (Å²) in [4.78, 5) is 4.73. The summed E-state index contributed by atoms with van der Waals surface area (Å²) in [5.41, 5.74) is 7.11. The van der Waals surface area contributed by atoms with Crippen LogP contribution in [-0.4, -0.2) is 6.67 Å². The number of anilines is 2. The van der Waals surface area contributed by atoms with Crippen molar-refractivity contribution in [3.63, 3.8) is 0 Å². The first-order valence-corrected chi connectivity index (χ1v) is 10.1. The number of rotatable bonds is 4. The number of benzene rings is 2. The lowest BCUT2D eigenvalue weighted by molar-refractivity contribution is 0.586. The van der Waals surface area contributed by atoms with Crippen molar-refractivity contribution in [3.05, 3.63) is 71.6 Å². The molecule has 2 nitrogen and oxygen atoms in total. The predicted molar refractivity (Wildman–Crippen MR) is 119 cm³/mol. The normalized spacial score (nSPS) is 14.7. The summed E-state index contributed by atoms with van der Waals surface area (Å²) in [5, 5.41) is 0. The topological polar surface area (TPSA) is 6.48 Å². The molecule has 0 N–H and O–H groups in total. The third kappa shape index (κ3) is 4.05. The molecular formula is C25H34N2. The van der Waals surface area contributed by atoms with Crippen molar-refractivity contribution in [1.29, 1.82) is 0 Å². The van der Waals surface area contributed by atoms with E-state index in [1.54, 1.807) is 0 Å². The van der Waals surface area contributed by atoms with E-state index in [1.165, 1.54) is 28.1 Å². The Morgan fingerprint density at radius 3 is 1.78 bits per heavy atom. The van der Waals surface area contributed by atoms with E-state index in [4.69, 9.17) is 0 Å². The Morgan fingerprint density at radius 2 is 1.30 bits per heavy atom. The highest BCUT2D eigenvalue weighted by Gasteiger charge is 2.26. The van der Waals surface area contributed by atoms with Crippen LogP contribution in [0.4, 0.5) is 11.4 Å². The third-order valence-corrected chi connectivity index (χ3v) is 5.39. The molecule has 0 aliphatic carbocycles. The molecule has 1 aliphatic heterocycles. The van der Waals surface area contributed by atoms with E-state index in [0.717, 1.165) is 6.67 Å². The number of hydrogen-bond donors (Lipinski definition) is 0. The lowest BCUT2D eigenvalue weighted by Crippen LogP contribution is -2.27. The van der Waals surface area contributed by atoms with Gasteiger partial charge in [0.25, 0.3) is 0 Å². The van der Waals surface area contributed by atoms with Crippen molar-refractivity contribution < 1.29 is 0 Å². The van der Waals surface area contributed by atoms with Gasteiger partial charge >= 0.3 is 0 Å². The SMILES string of the molecule is CC(C)c1cc(C(C)(C)C)cc(C(C)C)c1N1C=CN(c2ccccc2)C1. The Bertz CT molecular complexity index is 781. The van der Waals surface area contributed by atoms with Crippen molar-refractivity contribution >= 4 is 11.4 Å². The minimum Gasteiger partial charge on any atom is -0.328 e. The molecule has 0 spiro atoms. The van der Waals surface area contributed by atoms with Gasteiger partial charge in [0.1, 0.15) is 0 Å². The van der Waals surface area contributed by atoms with Gasteiger partial charge in [0.05, 0.1) is 6.67 Å². The van der Waals surface area contributed by atoms with Crippen LogP contribution >= 0.6 is 0 Å². The number of para-hydroxylation sites is 1. The second-order valence-electron chi connectivity index (χ2n) is 9.28. The summed E-state index contributed by atoms with van der Waals surface area (Å²) >= 11 is 0. The van der Waals surface area contributed by atoms with E-state index in [-0.39, 0.29) is 5.41 Å². The lowest BCUT2D eigenvalue weighted by Gasteiger charge is -2.31. The zero-order chi connectivity index (χ0) is 19.8. The fourth-order valence-corrected chi connectivity index (χ4v) is 3.68. The quantitative estimate of drug-likeness (QED) is 0.578. The molecule has 2 aromatic rings. The monoisotopic (exact) mass is 362 g/mol. The Balaban J connectivity index is 2.06. The first-order valence-electron chi connectivity index (χ1n) is 10.1. The zero-order valence-corrected chi connectivity index (χ0v) is 18.0. The van der Waals surface area contributed by atoms with E-state index in [2.05, 4.69) is 113 Å². The van der Waals surface area contributed by atoms with Crippen LogP contribution in [0.3, 0.4) is 0 Å². The smallest absolute Gasteiger partial charge is 0.0989 e. The van der Waals surface area contributed by atoms with Crippen molar-refractivity contribution in [3.8, 4) is 0 Å². The molecule has 0 fully saturated rings. The fourth-order valence-electron chi connectivity index (χ4n) is 3.68. The maximum atomic E-state index is 2.44. The first kappa shape index (κ1) is 19.5. The minimum atomic E-state index is 0.155. The summed E-state index contributed by atoms with van der Waals surface area (Å²) in [6, 6.07) is 15.5. The molecule has 2 heteroatoms. The van der Waals surface area contributed by atoms with Gasteiger partial charge in [0.2, 0.25) is 0 Å². The summed E-state index contributed by atoms with van der Waals surface area (Å²) < 4.78 is 0. The zero-order valence-electron chi connectivity index (χ0n) is 18.0. The van der Waals surface area contributed by atoms with Gasteiger partial charge in [-0.2, -0.15) is 0 Å².